The first kappa shape index (κ1) is 24.7. The van der Waals surface area contributed by atoms with Crippen molar-refractivity contribution < 1.29 is 22.4 Å². The lowest BCUT2D eigenvalue weighted by atomic mass is 10.0. The Morgan fingerprint density at radius 2 is 1.76 bits per heavy atom. The summed E-state index contributed by atoms with van der Waals surface area (Å²) in [6.07, 6.45) is -4.88. The van der Waals surface area contributed by atoms with Gasteiger partial charge in [-0.25, -0.2) is 9.18 Å². The van der Waals surface area contributed by atoms with E-state index in [1.807, 2.05) is 13.0 Å². The lowest BCUT2D eigenvalue weighted by Crippen LogP contribution is -2.39. The summed E-state index contributed by atoms with van der Waals surface area (Å²) >= 11 is 0. The van der Waals surface area contributed by atoms with E-state index >= 15 is 0 Å². The van der Waals surface area contributed by atoms with Crippen molar-refractivity contribution in [3.8, 4) is 17.2 Å². The molecule has 0 heterocycles. The van der Waals surface area contributed by atoms with Gasteiger partial charge in [-0.2, -0.15) is 18.4 Å². The van der Waals surface area contributed by atoms with E-state index in [1.165, 1.54) is 4.90 Å². The molecule has 34 heavy (non-hydrogen) atoms. The summed E-state index contributed by atoms with van der Waals surface area (Å²) in [5, 5.41) is 14.6. The van der Waals surface area contributed by atoms with E-state index in [0.717, 1.165) is 17.2 Å². The summed E-state index contributed by atoms with van der Waals surface area (Å²) in [5.74, 6) is -1.41. The smallest absolute Gasteiger partial charge is 0.315 e. The van der Waals surface area contributed by atoms with Gasteiger partial charge in [0.1, 0.15) is 5.82 Å². The molecular weight excluding hydrogens is 448 g/mol. The van der Waals surface area contributed by atoms with Crippen molar-refractivity contribution in [1.29, 1.82) is 5.26 Å². The molecule has 5 nitrogen and oxygen atoms in total. The monoisotopic (exact) mass is 470 g/mol. The fourth-order valence-corrected chi connectivity index (χ4v) is 3.33. The molecule has 9 heteroatoms. The Labute approximate surface area is 194 Å². The topological polar surface area (TPSA) is 68.2 Å². The normalized spacial score (nSPS) is 11.1. The largest absolute Gasteiger partial charge is 0.419 e. The number of nitrogens with one attached hydrogen (secondary N) is 2. The number of carbonyl (C=O) groups excluding carboxylic acids is 1. The standard InChI is InChI=1S/C25H22F4N4O/c1-2-31-12-13-33(24(34)32-20-8-11-23(26)22(15-20)25(27,28)29)21-9-6-18(7-10-21)19-5-3-4-17(14-19)16-30/h3-11,14-15,31H,2,12-13H2,1H3,(H,32,34). The lowest BCUT2D eigenvalue weighted by molar-refractivity contribution is -0.139. The Bertz CT molecular complexity index is 1190. The fraction of sp³-hybridized carbons (Fsp3) is 0.200. The Morgan fingerprint density at radius 1 is 1.03 bits per heavy atom. The summed E-state index contributed by atoms with van der Waals surface area (Å²) < 4.78 is 52.7. The van der Waals surface area contributed by atoms with E-state index in [9.17, 15) is 22.4 Å². The van der Waals surface area contributed by atoms with Crippen LogP contribution < -0.4 is 15.5 Å². The Balaban J connectivity index is 1.85. The van der Waals surface area contributed by atoms with Crippen molar-refractivity contribution in [2.24, 2.45) is 0 Å². The summed E-state index contributed by atoms with van der Waals surface area (Å²) in [7, 11) is 0. The molecule has 0 atom stereocenters. The molecule has 0 saturated carbocycles. The van der Waals surface area contributed by atoms with Crippen molar-refractivity contribution in [3.63, 3.8) is 0 Å². The van der Waals surface area contributed by atoms with E-state index in [-0.39, 0.29) is 12.2 Å². The van der Waals surface area contributed by atoms with Gasteiger partial charge in [-0.15, -0.1) is 0 Å². The van der Waals surface area contributed by atoms with E-state index in [1.54, 1.807) is 42.5 Å². The molecule has 0 aromatic heterocycles. The third-order valence-electron chi connectivity index (χ3n) is 5.03. The average molecular weight is 470 g/mol. The maximum atomic E-state index is 13.6. The van der Waals surface area contributed by atoms with Crippen molar-refractivity contribution in [2.75, 3.05) is 29.9 Å². The van der Waals surface area contributed by atoms with E-state index in [0.29, 0.717) is 36.5 Å². The van der Waals surface area contributed by atoms with Crippen LogP contribution in [0.2, 0.25) is 0 Å². The number of amides is 2. The van der Waals surface area contributed by atoms with Crippen molar-refractivity contribution >= 4 is 17.4 Å². The first-order valence-corrected chi connectivity index (χ1v) is 10.5. The van der Waals surface area contributed by atoms with Crippen LogP contribution in [0, 0.1) is 17.1 Å². The van der Waals surface area contributed by atoms with Crippen LogP contribution in [0.3, 0.4) is 0 Å². The van der Waals surface area contributed by atoms with Gasteiger partial charge in [0.15, 0.2) is 0 Å². The fourth-order valence-electron chi connectivity index (χ4n) is 3.33. The molecule has 2 amide bonds. The Kier molecular flexibility index (Phi) is 7.87. The quantitative estimate of drug-likeness (QED) is 0.327. The summed E-state index contributed by atoms with van der Waals surface area (Å²) in [6, 6.07) is 17.8. The van der Waals surface area contributed by atoms with Crippen LogP contribution in [-0.4, -0.2) is 25.7 Å². The van der Waals surface area contributed by atoms with Gasteiger partial charge < -0.3 is 10.6 Å². The first-order valence-electron chi connectivity index (χ1n) is 10.5. The Morgan fingerprint density at radius 3 is 2.41 bits per heavy atom. The second-order valence-corrected chi connectivity index (χ2v) is 7.37. The zero-order valence-corrected chi connectivity index (χ0v) is 18.3. The zero-order valence-electron chi connectivity index (χ0n) is 18.3. The minimum Gasteiger partial charge on any atom is -0.315 e. The predicted molar refractivity (Wildman–Crippen MR) is 123 cm³/mol. The van der Waals surface area contributed by atoms with Crippen LogP contribution in [-0.2, 0) is 6.18 Å². The molecule has 0 fully saturated rings. The third-order valence-corrected chi connectivity index (χ3v) is 5.03. The Hall–Kier alpha value is -3.90. The van der Waals surface area contributed by atoms with Crippen molar-refractivity contribution in [3.05, 3.63) is 83.7 Å². The highest BCUT2D eigenvalue weighted by Gasteiger charge is 2.34. The van der Waals surface area contributed by atoms with Crippen LogP contribution in [0.1, 0.15) is 18.1 Å². The van der Waals surface area contributed by atoms with Gasteiger partial charge in [-0.05, 0) is 60.1 Å². The molecule has 0 aliphatic rings. The summed E-state index contributed by atoms with van der Waals surface area (Å²) in [4.78, 5) is 14.4. The molecule has 3 aromatic rings. The predicted octanol–water partition coefficient (Wildman–Crippen LogP) is 6.03. The van der Waals surface area contributed by atoms with Crippen LogP contribution >= 0.6 is 0 Å². The number of benzene rings is 3. The van der Waals surface area contributed by atoms with E-state index < -0.39 is 23.6 Å². The molecule has 0 aliphatic carbocycles. The number of halogens is 4. The zero-order chi connectivity index (χ0) is 24.7. The molecule has 3 aromatic carbocycles. The number of nitriles is 1. The highest BCUT2D eigenvalue weighted by Crippen LogP contribution is 2.33. The maximum absolute atomic E-state index is 13.6. The number of anilines is 2. The number of carbonyl (C=O) groups is 1. The molecule has 0 unspecified atom stereocenters. The van der Waals surface area contributed by atoms with E-state index in [4.69, 9.17) is 5.26 Å². The van der Waals surface area contributed by atoms with Gasteiger partial charge in [0.05, 0.1) is 17.2 Å². The molecule has 0 aliphatic heterocycles. The number of alkyl halides is 3. The van der Waals surface area contributed by atoms with Crippen LogP contribution in [0.5, 0.6) is 0 Å². The average Bonchev–Trinajstić information content (AvgIpc) is 2.82. The van der Waals surface area contributed by atoms with Crippen LogP contribution in [0.25, 0.3) is 11.1 Å². The molecule has 176 valence electrons. The van der Waals surface area contributed by atoms with Gasteiger partial charge in [0, 0.05) is 24.5 Å². The molecule has 0 saturated heterocycles. The molecule has 3 rings (SSSR count). The van der Waals surface area contributed by atoms with Gasteiger partial charge >= 0.3 is 12.2 Å². The van der Waals surface area contributed by atoms with Gasteiger partial charge in [0.25, 0.3) is 0 Å². The number of hydrogen-bond acceptors (Lipinski definition) is 3. The first-order chi connectivity index (χ1) is 16.2. The highest BCUT2D eigenvalue weighted by atomic mass is 19.4. The van der Waals surface area contributed by atoms with Crippen LogP contribution in [0.15, 0.2) is 66.7 Å². The SMILES string of the molecule is CCNCCN(C(=O)Nc1ccc(F)c(C(F)(F)F)c1)c1ccc(-c2cccc(C#N)c2)cc1. The molecule has 0 bridgehead atoms. The molecule has 0 spiro atoms. The highest BCUT2D eigenvalue weighted by molar-refractivity contribution is 6.02. The van der Waals surface area contributed by atoms with Gasteiger partial charge in [0.2, 0.25) is 0 Å². The summed E-state index contributed by atoms with van der Waals surface area (Å²) in [6.45, 7) is 3.28. The number of nitrogens with zero attached hydrogens (tertiary/aromatic N) is 2. The van der Waals surface area contributed by atoms with Crippen molar-refractivity contribution in [2.45, 2.75) is 13.1 Å². The maximum Gasteiger partial charge on any atom is 0.419 e. The lowest BCUT2D eigenvalue weighted by Gasteiger charge is -2.24. The second kappa shape index (κ2) is 10.8. The van der Waals surface area contributed by atoms with Crippen LogP contribution in [0.4, 0.5) is 33.7 Å². The van der Waals surface area contributed by atoms with Gasteiger partial charge in [-0.3, -0.25) is 4.90 Å². The van der Waals surface area contributed by atoms with Crippen molar-refractivity contribution in [1.82, 2.24) is 5.32 Å². The van der Waals surface area contributed by atoms with E-state index in [2.05, 4.69) is 16.7 Å². The number of rotatable bonds is 7. The summed E-state index contributed by atoms with van der Waals surface area (Å²) in [5.41, 5.74) is 1.09. The van der Waals surface area contributed by atoms with Gasteiger partial charge in [-0.1, -0.05) is 31.2 Å². The second-order valence-electron chi connectivity index (χ2n) is 7.37. The minimum absolute atomic E-state index is 0.169. The molecular formula is C25H22F4N4O. The molecule has 2 N–H and O–H groups in total. The third kappa shape index (κ3) is 6.11. The minimum atomic E-state index is -4.88. The molecule has 0 radical (unpaired) electrons. The number of hydrogen-bond donors (Lipinski definition) is 2. The number of likely N-dealkylation sites (N-methyl/N-ethyl adjacent to an activating group) is 1. The number of urea groups is 1.